The molecule has 0 unspecified atom stereocenters. The van der Waals surface area contributed by atoms with Crippen LogP contribution in [0.2, 0.25) is 0 Å². The number of phenols is 1. The molecule has 22 heavy (non-hydrogen) atoms. The van der Waals surface area contributed by atoms with Crippen LogP contribution in [0.15, 0.2) is 48.5 Å². The number of rotatable bonds is 4. The number of carbonyl (C=O) groups is 1. The van der Waals surface area contributed by atoms with Crippen molar-refractivity contribution < 1.29 is 14.6 Å². The van der Waals surface area contributed by atoms with Crippen molar-refractivity contribution in [2.75, 3.05) is 5.32 Å². The minimum atomic E-state index is -0.331. The van der Waals surface area contributed by atoms with Gasteiger partial charge in [-0.25, -0.2) is 0 Å². The normalized spacial score (nSPS) is 14.7. The molecule has 4 nitrogen and oxygen atoms in total. The Balaban J connectivity index is 1.63. The number of hydrogen-bond donors (Lipinski definition) is 2. The van der Waals surface area contributed by atoms with E-state index in [9.17, 15) is 9.90 Å². The molecule has 4 heteroatoms. The smallest absolute Gasteiger partial charge is 0.259 e. The lowest BCUT2D eigenvalue weighted by Crippen LogP contribution is -2.12. The van der Waals surface area contributed by atoms with Crippen LogP contribution in [-0.2, 0) is 0 Å². The predicted molar refractivity (Wildman–Crippen MR) is 85.4 cm³/mol. The lowest BCUT2D eigenvalue weighted by atomic mass is 10.2. The van der Waals surface area contributed by atoms with E-state index in [1.165, 1.54) is 18.9 Å². The van der Waals surface area contributed by atoms with Crippen LogP contribution in [0, 0.1) is 0 Å². The molecule has 0 spiro atoms. The van der Waals surface area contributed by atoms with E-state index in [1.54, 1.807) is 18.2 Å². The number of anilines is 1. The number of amides is 1. The fraction of sp³-hybridized carbons (Fsp3) is 0.278. The maximum absolute atomic E-state index is 12.1. The molecule has 2 N–H and O–H groups in total. The Morgan fingerprint density at radius 3 is 2.41 bits per heavy atom. The van der Waals surface area contributed by atoms with E-state index in [-0.39, 0.29) is 17.2 Å². The molecular weight excluding hydrogens is 278 g/mol. The van der Waals surface area contributed by atoms with Gasteiger partial charge in [0.1, 0.15) is 11.5 Å². The Morgan fingerprint density at radius 1 is 1.05 bits per heavy atom. The highest BCUT2D eigenvalue weighted by Crippen LogP contribution is 2.25. The fourth-order valence-corrected chi connectivity index (χ4v) is 2.68. The molecule has 3 rings (SSSR count). The van der Waals surface area contributed by atoms with Crippen molar-refractivity contribution in [3.8, 4) is 11.5 Å². The Hall–Kier alpha value is -2.49. The number of para-hydroxylation sites is 1. The van der Waals surface area contributed by atoms with Crippen LogP contribution in [0.25, 0.3) is 0 Å². The number of ether oxygens (including phenoxy) is 1. The number of nitrogens with one attached hydrogen (secondary N) is 1. The van der Waals surface area contributed by atoms with Crippen LogP contribution in [-0.4, -0.2) is 17.1 Å². The lowest BCUT2D eigenvalue weighted by Gasteiger charge is -2.13. The van der Waals surface area contributed by atoms with Crippen molar-refractivity contribution in [2.45, 2.75) is 31.8 Å². The summed E-state index contributed by atoms with van der Waals surface area (Å²) in [5.41, 5.74) is 0.931. The van der Waals surface area contributed by atoms with Crippen LogP contribution in [0.5, 0.6) is 11.5 Å². The second-order valence-electron chi connectivity index (χ2n) is 5.52. The zero-order chi connectivity index (χ0) is 15.4. The summed E-state index contributed by atoms with van der Waals surface area (Å²) in [5, 5.41) is 12.4. The van der Waals surface area contributed by atoms with Crippen LogP contribution in [0.4, 0.5) is 5.69 Å². The summed E-state index contributed by atoms with van der Waals surface area (Å²) in [5.74, 6) is 0.469. The van der Waals surface area contributed by atoms with Crippen molar-refractivity contribution in [1.82, 2.24) is 0 Å². The summed E-state index contributed by atoms with van der Waals surface area (Å²) >= 11 is 0. The topological polar surface area (TPSA) is 58.6 Å². The molecule has 0 radical (unpaired) electrons. The summed E-state index contributed by atoms with van der Waals surface area (Å²) in [7, 11) is 0. The highest BCUT2D eigenvalue weighted by atomic mass is 16.5. The SMILES string of the molecule is O=C(Nc1ccc(OC2CCCC2)cc1)c1ccccc1O. The average molecular weight is 297 g/mol. The van der Waals surface area contributed by atoms with Crippen molar-refractivity contribution >= 4 is 11.6 Å². The molecule has 0 atom stereocenters. The molecule has 0 saturated heterocycles. The van der Waals surface area contributed by atoms with Crippen molar-refractivity contribution in [3.63, 3.8) is 0 Å². The summed E-state index contributed by atoms with van der Waals surface area (Å²) < 4.78 is 5.89. The molecule has 1 fully saturated rings. The molecule has 1 saturated carbocycles. The number of aromatic hydroxyl groups is 1. The van der Waals surface area contributed by atoms with Gasteiger partial charge in [-0.15, -0.1) is 0 Å². The molecule has 0 aromatic heterocycles. The van der Waals surface area contributed by atoms with E-state index in [4.69, 9.17) is 4.74 Å². The zero-order valence-corrected chi connectivity index (χ0v) is 12.3. The van der Waals surface area contributed by atoms with Crippen LogP contribution < -0.4 is 10.1 Å². The number of hydrogen-bond acceptors (Lipinski definition) is 3. The van der Waals surface area contributed by atoms with Gasteiger partial charge in [0.05, 0.1) is 11.7 Å². The molecular formula is C18H19NO3. The number of phenolic OH excluding ortho intramolecular Hbond substituents is 1. The van der Waals surface area contributed by atoms with Gasteiger partial charge in [-0.05, 0) is 62.1 Å². The third-order valence-electron chi connectivity index (χ3n) is 3.87. The first kappa shape index (κ1) is 14.4. The summed E-state index contributed by atoms with van der Waals surface area (Å²) in [6, 6.07) is 13.8. The van der Waals surface area contributed by atoms with Gasteiger partial charge in [0.2, 0.25) is 0 Å². The minimum absolute atomic E-state index is 0.0267. The Kier molecular flexibility index (Phi) is 4.28. The number of benzene rings is 2. The Labute approximate surface area is 129 Å². The van der Waals surface area contributed by atoms with E-state index in [1.807, 2.05) is 24.3 Å². The van der Waals surface area contributed by atoms with Crippen molar-refractivity contribution in [2.24, 2.45) is 0 Å². The highest BCUT2D eigenvalue weighted by molar-refractivity contribution is 6.06. The van der Waals surface area contributed by atoms with E-state index >= 15 is 0 Å². The molecule has 0 heterocycles. The fourth-order valence-electron chi connectivity index (χ4n) is 2.68. The van der Waals surface area contributed by atoms with Gasteiger partial charge in [0, 0.05) is 5.69 Å². The molecule has 0 bridgehead atoms. The largest absolute Gasteiger partial charge is 0.507 e. The van der Waals surface area contributed by atoms with Gasteiger partial charge in [-0.2, -0.15) is 0 Å². The third-order valence-corrected chi connectivity index (χ3v) is 3.87. The van der Waals surface area contributed by atoms with Crippen LogP contribution >= 0.6 is 0 Å². The monoisotopic (exact) mass is 297 g/mol. The van der Waals surface area contributed by atoms with Crippen molar-refractivity contribution in [3.05, 3.63) is 54.1 Å². The predicted octanol–water partition coefficient (Wildman–Crippen LogP) is 3.97. The van der Waals surface area contributed by atoms with Crippen LogP contribution in [0.1, 0.15) is 36.0 Å². The van der Waals surface area contributed by atoms with Gasteiger partial charge in [0.15, 0.2) is 0 Å². The highest BCUT2D eigenvalue weighted by Gasteiger charge is 2.16. The van der Waals surface area contributed by atoms with E-state index < -0.39 is 0 Å². The van der Waals surface area contributed by atoms with Gasteiger partial charge in [0.25, 0.3) is 5.91 Å². The molecule has 2 aromatic carbocycles. The molecule has 0 aliphatic heterocycles. The summed E-state index contributed by atoms with van der Waals surface area (Å²) in [4.78, 5) is 12.1. The van der Waals surface area contributed by atoms with Crippen molar-refractivity contribution in [1.29, 1.82) is 0 Å². The van der Waals surface area contributed by atoms with E-state index in [0.29, 0.717) is 11.8 Å². The second-order valence-corrected chi connectivity index (χ2v) is 5.52. The quantitative estimate of drug-likeness (QED) is 0.898. The molecule has 1 aliphatic rings. The summed E-state index contributed by atoms with van der Waals surface area (Å²) in [6.07, 6.45) is 5.03. The first-order valence-corrected chi connectivity index (χ1v) is 7.58. The number of carbonyl (C=O) groups excluding carboxylic acids is 1. The van der Waals surface area contributed by atoms with Gasteiger partial charge in [-0.3, -0.25) is 4.79 Å². The maximum atomic E-state index is 12.1. The average Bonchev–Trinajstić information content (AvgIpc) is 3.02. The Morgan fingerprint density at radius 2 is 1.73 bits per heavy atom. The van der Waals surface area contributed by atoms with E-state index in [0.717, 1.165) is 18.6 Å². The summed E-state index contributed by atoms with van der Waals surface area (Å²) in [6.45, 7) is 0. The third kappa shape index (κ3) is 3.39. The molecule has 2 aromatic rings. The first-order valence-electron chi connectivity index (χ1n) is 7.58. The van der Waals surface area contributed by atoms with E-state index in [2.05, 4.69) is 5.32 Å². The van der Waals surface area contributed by atoms with Gasteiger partial charge >= 0.3 is 0 Å². The Bertz CT molecular complexity index is 646. The molecule has 1 amide bonds. The maximum Gasteiger partial charge on any atom is 0.259 e. The van der Waals surface area contributed by atoms with Gasteiger partial charge in [-0.1, -0.05) is 12.1 Å². The minimum Gasteiger partial charge on any atom is -0.507 e. The standard InChI is InChI=1S/C18H19NO3/c20-17-8-4-3-7-16(17)18(21)19-13-9-11-15(12-10-13)22-14-5-1-2-6-14/h3-4,7-12,14,20H,1-2,5-6H2,(H,19,21). The first-order chi connectivity index (χ1) is 10.7. The lowest BCUT2D eigenvalue weighted by molar-refractivity contribution is 0.102. The second kappa shape index (κ2) is 6.52. The molecule has 114 valence electrons. The molecule has 1 aliphatic carbocycles. The van der Waals surface area contributed by atoms with Gasteiger partial charge < -0.3 is 15.2 Å². The van der Waals surface area contributed by atoms with Crippen LogP contribution in [0.3, 0.4) is 0 Å². The zero-order valence-electron chi connectivity index (χ0n) is 12.3.